The van der Waals surface area contributed by atoms with E-state index in [4.69, 9.17) is 0 Å². The highest BCUT2D eigenvalue weighted by Gasteiger charge is 2.34. The first-order valence-electron chi connectivity index (χ1n) is 5.87. The highest BCUT2D eigenvalue weighted by molar-refractivity contribution is 9.10. The molecule has 0 atom stereocenters. The van der Waals surface area contributed by atoms with Gasteiger partial charge < -0.3 is 5.11 Å². The average Bonchev–Trinajstić information content (AvgIpc) is 2.35. The van der Waals surface area contributed by atoms with Gasteiger partial charge in [-0.05, 0) is 36.6 Å². The van der Waals surface area contributed by atoms with E-state index in [2.05, 4.69) is 21.2 Å². The van der Waals surface area contributed by atoms with E-state index in [0.29, 0.717) is 24.9 Å². The molecule has 2 N–H and O–H groups in total. The molecule has 0 amide bonds. The molecule has 0 heterocycles. The Morgan fingerprint density at radius 2 is 2.06 bits per heavy atom. The molecule has 3 nitrogen and oxygen atoms in total. The molecule has 0 saturated heterocycles. The van der Waals surface area contributed by atoms with Crippen molar-refractivity contribution in [1.82, 2.24) is 5.32 Å². The van der Waals surface area contributed by atoms with Crippen molar-refractivity contribution < 1.29 is 14.3 Å². The van der Waals surface area contributed by atoms with Crippen molar-refractivity contribution in [3.63, 3.8) is 0 Å². The van der Waals surface area contributed by atoms with Crippen molar-refractivity contribution >= 4 is 21.9 Å². The van der Waals surface area contributed by atoms with Crippen LogP contribution in [-0.4, -0.2) is 16.6 Å². The van der Waals surface area contributed by atoms with Crippen LogP contribution in [0.4, 0.5) is 4.39 Å². The van der Waals surface area contributed by atoms with Gasteiger partial charge in [0.15, 0.2) is 0 Å². The first-order valence-corrected chi connectivity index (χ1v) is 6.67. The van der Waals surface area contributed by atoms with Crippen LogP contribution in [0.3, 0.4) is 0 Å². The van der Waals surface area contributed by atoms with Crippen molar-refractivity contribution in [1.29, 1.82) is 0 Å². The summed E-state index contributed by atoms with van der Waals surface area (Å²) in [5.74, 6) is -1.20. The zero-order valence-corrected chi connectivity index (χ0v) is 12.1. The smallest absolute Gasteiger partial charge is 0.323 e. The van der Waals surface area contributed by atoms with Crippen LogP contribution < -0.4 is 5.32 Å². The zero-order valence-electron chi connectivity index (χ0n) is 10.5. The monoisotopic (exact) mass is 317 g/mol. The van der Waals surface area contributed by atoms with E-state index >= 15 is 0 Å². The van der Waals surface area contributed by atoms with Crippen LogP contribution in [0.2, 0.25) is 0 Å². The molecule has 1 aromatic carbocycles. The third-order valence-corrected chi connectivity index (χ3v) is 4.02. The second-order valence-electron chi connectivity index (χ2n) is 4.18. The fourth-order valence-electron chi connectivity index (χ4n) is 1.82. The standard InChI is InChI=1S/C13H17BrFNO2/c1-3-13(4-2,12(17)18)16-8-9-7-10(15)5-6-11(9)14/h5-7,16H,3-4,8H2,1-2H3,(H,17,18). The highest BCUT2D eigenvalue weighted by atomic mass is 79.9. The second-order valence-corrected chi connectivity index (χ2v) is 5.04. The SMILES string of the molecule is CCC(CC)(NCc1cc(F)ccc1Br)C(=O)O. The van der Waals surface area contributed by atoms with E-state index in [9.17, 15) is 14.3 Å². The zero-order chi connectivity index (χ0) is 13.8. The molecule has 0 unspecified atom stereocenters. The van der Waals surface area contributed by atoms with Crippen molar-refractivity contribution in [2.75, 3.05) is 0 Å². The number of hydrogen-bond acceptors (Lipinski definition) is 2. The lowest BCUT2D eigenvalue weighted by atomic mass is 9.92. The molecule has 0 fully saturated rings. The van der Waals surface area contributed by atoms with Crippen LogP contribution in [0.15, 0.2) is 22.7 Å². The number of aliphatic carboxylic acids is 1. The van der Waals surface area contributed by atoms with Crippen LogP contribution in [0.25, 0.3) is 0 Å². The number of hydrogen-bond donors (Lipinski definition) is 2. The number of rotatable bonds is 6. The van der Waals surface area contributed by atoms with Crippen LogP contribution in [0.1, 0.15) is 32.3 Å². The average molecular weight is 318 g/mol. The number of carboxylic acid groups (broad SMARTS) is 1. The van der Waals surface area contributed by atoms with Gasteiger partial charge in [0.25, 0.3) is 0 Å². The Morgan fingerprint density at radius 1 is 1.44 bits per heavy atom. The quantitative estimate of drug-likeness (QED) is 0.846. The summed E-state index contributed by atoms with van der Waals surface area (Å²) in [5, 5.41) is 12.3. The highest BCUT2D eigenvalue weighted by Crippen LogP contribution is 2.21. The molecule has 1 aromatic rings. The summed E-state index contributed by atoms with van der Waals surface area (Å²) in [6.07, 6.45) is 0.956. The van der Waals surface area contributed by atoms with Crippen LogP contribution in [0.5, 0.6) is 0 Å². The number of halogens is 2. The molecular formula is C13H17BrFNO2. The third-order valence-electron chi connectivity index (χ3n) is 3.24. The van der Waals surface area contributed by atoms with Gasteiger partial charge in [-0.15, -0.1) is 0 Å². The molecule has 0 aliphatic carbocycles. The Balaban J connectivity index is 2.85. The summed E-state index contributed by atoms with van der Waals surface area (Å²) in [6.45, 7) is 3.96. The number of carboxylic acids is 1. The number of benzene rings is 1. The summed E-state index contributed by atoms with van der Waals surface area (Å²) in [6, 6.07) is 4.37. The van der Waals surface area contributed by atoms with Gasteiger partial charge in [-0.1, -0.05) is 29.8 Å². The van der Waals surface area contributed by atoms with Gasteiger partial charge in [0.05, 0.1) is 0 Å². The molecule has 0 radical (unpaired) electrons. The number of nitrogens with one attached hydrogen (secondary N) is 1. The van der Waals surface area contributed by atoms with Gasteiger partial charge in [0, 0.05) is 11.0 Å². The molecule has 0 spiro atoms. The van der Waals surface area contributed by atoms with Crippen molar-refractivity contribution in [2.24, 2.45) is 0 Å². The third kappa shape index (κ3) is 3.29. The van der Waals surface area contributed by atoms with Gasteiger partial charge in [-0.25, -0.2) is 4.39 Å². The maximum absolute atomic E-state index is 13.1. The van der Waals surface area contributed by atoms with Crippen LogP contribution in [-0.2, 0) is 11.3 Å². The molecule has 0 aromatic heterocycles. The van der Waals surface area contributed by atoms with Crippen LogP contribution in [0, 0.1) is 5.82 Å². The molecule has 1 rings (SSSR count). The van der Waals surface area contributed by atoms with E-state index in [0.717, 1.165) is 4.47 Å². The molecule has 18 heavy (non-hydrogen) atoms. The maximum atomic E-state index is 13.1. The summed E-state index contributed by atoms with van der Waals surface area (Å²) < 4.78 is 13.9. The molecule has 0 bridgehead atoms. The normalized spacial score (nSPS) is 11.6. The van der Waals surface area contributed by atoms with Crippen molar-refractivity contribution in [3.05, 3.63) is 34.1 Å². The lowest BCUT2D eigenvalue weighted by Gasteiger charge is -2.28. The maximum Gasteiger partial charge on any atom is 0.323 e. The van der Waals surface area contributed by atoms with E-state index in [1.165, 1.54) is 12.1 Å². The fraction of sp³-hybridized carbons (Fsp3) is 0.462. The molecule has 0 saturated carbocycles. The van der Waals surface area contributed by atoms with E-state index in [1.54, 1.807) is 6.07 Å². The molecule has 100 valence electrons. The second kappa shape index (κ2) is 6.29. The van der Waals surface area contributed by atoms with Gasteiger partial charge in [0.2, 0.25) is 0 Å². The first kappa shape index (κ1) is 15.1. The molecule has 0 aliphatic heterocycles. The Morgan fingerprint density at radius 3 is 2.56 bits per heavy atom. The lowest BCUT2D eigenvalue weighted by molar-refractivity contribution is -0.145. The first-order chi connectivity index (χ1) is 8.45. The number of carbonyl (C=O) groups is 1. The topological polar surface area (TPSA) is 49.3 Å². The summed E-state index contributed by atoms with van der Waals surface area (Å²) in [7, 11) is 0. The lowest BCUT2D eigenvalue weighted by Crippen LogP contribution is -2.50. The Kier molecular flexibility index (Phi) is 5.28. The van der Waals surface area contributed by atoms with Gasteiger partial charge >= 0.3 is 5.97 Å². The van der Waals surface area contributed by atoms with Crippen molar-refractivity contribution in [3.8, 4) is 0 Å². The fourth-order valence-corrected chi connectivity index (χ4v) is 2.21. The van der Waals surface area contributed by atoms with E-state index in [-0.39, 0.29) is 5.82 Å². The Hall–Kier alpha value is -0.940. The predicted molar refractivity (Wildman–Crippen MR) is 71.9 cm³/mol. The minimum atomic E-state index is -0.953. The summed E-state index contributed by atoms with van der Waals surface area (Å²) in [5.41, 5.74) is -0.242. The largest absolute Gasteiger partial charge is 0.480 e. The Bertz CT molecular complexity index is 433. The molecule has 5 heteroatoms. The minimum absolute atomic E-state index is 0.312. The van der Waals surface area contributed by atoms with Gasteiger partial charge in [0.1, 0.15) is 11.4 Å². The predicted octanol–water partition coefficient (Wildman–Crippen LogP) is 3.32. The van der Waals surface area contributed by atoms with Crippen molar-refractivity contribution in [2.45, 2.75) is 38.8 Å². The minimum Gasteiger partial charge on any atom is -0.480 e. The van der Waals surface area contributed by atoms with E-state index in [1.807, 2.05) is 13.8 Å². The van der Waals surface area contributed by atoms with Gasteiger partial charge in [-0.3, -0.25) is 10.1 Å². The van der Waals surface area contributed by atoms with E-state index < -0.39 is 11.5 Å². The van der Waals surface area contributed by atoms with Gasteiger partial charge in [-0.2, -0.15) is 0 Å². The summed E-state index contributed by atoms with van der Waals surface area (Å²) in [4.78, 5) is 11.3. The molecular weight excluding hydrogens is 301 g/mol. The Labute approximate surface area is 115 Å². The summed E-state index contributed by atoms with van der Waals surface area (Å²) >= 11 is 3.32. The van der Waals surface area contributed by atoms with Crippen LogP contribution >= 0.6 is 15.9 Å². The molecule has 0 aliphatic rings.